The van der Waals surface area contributed by atoms with E-state index < -0.39 is 10.0 Å². The highest BCUT2D eigenvalue weighted by Crippen LogP contribution is 2.19. The smallest absolute Gasteiger partial charge is 0.211 e. The van der Waals surface area contributed by atoms with Gasteiger partial charge in [0.2, 0.25) is 10.0 Å². The molecule has 1 saturated heterocycles. The van der Waals surface area contributed by atoms with Gasteiger partial charge in [0, 0.05) is 6.54 Å². The second-order valence-corrected chi connectivity index (χ2v) is 8.10. The Labute approximate surface area is 106 Å². The fourth-order valence-electron chi connectivity index (χ4n) is 1.84. The Balaban J connectivity index is 2.28. The molecule has 0 radical (unpaired) electrons. The summed E-state index contributed by atoms with van der Waals surface area (Å²) in [5.41, 5.74) is 0.0729. The molecule has 102 valence electrons. The van der Waals surface area contributed by atoms with E-state index in [1.807, 2.05) is 0 Å². The minimum atomic E-state index is -3.08. The van der Waals surface area contributed by atoms with Crippen LogP contribution >= 0.6 is 0 Å². The van der Waals surface area contributed by atoms with Crippen LogP contribution in [0.4, 0.5) is 0 Å². The van der Waals surface area contributed by atoms with Crippen LogP contribution in [-0.2, 0) is 10.0 Å². The number of nitrogens with one attached hydrogen (secondary N) is 2. The van der Waals surface area contributed by atoms with Crippen LogP contribution in [0.3, 0.4) is 0 Å². The molecule has 1 heterocycles. The van der Waals surface area contributed by atoms with E-state index in [9.17, 15) is 8.42 Å². The molecule has 0 bridgehead atoms. The molecule has 0 unspecified atom stereocenters. The fourth-order valence-corrected chi connectivity index (χ4v) is 3.36. The van der Waals surface area contributed by atoms with Gasteiger partial charge in [-0.2, -0.15) is 0 Å². The number of piperidine rings is 1. The van der Waals surface area contributed by atoms with Crippen molar-refractivity contribution in [3.63, 3.8) is 0 Å². The third-order valence-corrected chi connectivity index (χ3v) is 4.52. The molecule has 0 amide bonds. The first-order chi connectivity index (χ1) is 7.79. The van der Waals surface area contributed by atoms with Gasteiger partial charge >= 0.3 is 0 Å². The Morgan fingerprint density at radius 3 is 2.35 bits per heavy atom. The normalized spacial score (nSPS) is 19.5. The third-order valence-electron chi connectivity index (χ3n) is 3.17. The molecule has 0 spiro atoms. The van der Waals surface area contributed by atoms with Crippen molar-refractivity contribution in [1.82, 2.24) is 10.0 Å². The first-order valence-electron chi connectivity index (χ1n) is 6.47. The SMILES string of the molecule is CC(C)(C)CCS(=O)(=O)NCC1CCNCC1. The van der Waals surface area contributed by atoms with Crippen molar-refractivity contribution in [2.75, 3.05) is 25.4 Å². The standard InChI is InChI=1S/C12H26N2O2S/c1-12(2,3)6-9-17(15,16)14-10-11-4-7-13-8-5-11/h11,13-14H,4-10H2,1-3H3. The van der Waals surface area contributed by atoms with Crippen LogP contribution in [0.15, 0.2) is 0 Å². The van der Waals surface area contributed by atoms with E-state index in [-0.39, 0.29) is 11.2 Å². The molecular weight excluding hydrogens is 236 g/mol. The molecule has 0 aromatic rings. The van der Waals surface area contributed by atoms with Crippen LogP contribution in [0.1, 0.15) is 40.0 Å². The Morgan fingerprint density at radius 2 is 1.82 bits per heavy atom. The highest BCUT2D eigenvalue weighted by atomic mass is 32.2. The summed E-state index contributed by atoms with van der Waals surface area (Å²) in [5, 5.41) is 3.28. The first-order valence-corrected chi connectivity index (χ1v) is 8.12. The topological polar surface area (TPSA) is 58.2 Å². The molecule has 1 rings (SSSR count). The largest absolute Gasteiger partial charge is 0.317 e. The highest BCUT2D eigenvalue weighted by Gasteiger charge is 2.19. The van der Waals surface area contributed by atoms with Gasteiger partial charge in [-0.05, 0) is 43.7 Å². The van der Waals surface area contributed by atoms with Crippen molar-refractivity contribution < 1.29 is 8.42 Å². The maximum atomic E-state index is 11.8. The van der Waals surface area contributed by atoms with Gasteiger partial charge in [-0.1, -0.05) is 20.8 Å². The van der Waals surface area contributed by atoms with Gasteiger partial charge in [0.25, 0.3) is 0 Å². The Kier molecular flexibility index (Phi) is 5.41. The van der Waals surface area contributed by atoms with Crippen molar-refractivity contribution >= 4 is 10.0 Å². The molecule has 0 saturated carbocycles. The minimum Gasteiger partial charge on any atom is -0.317 e. The average molecular weight is 262 g/mol. The number of sulfonamides is 1. The van der Waals surface area contributed by atoms with E-state index in [4.69, 9.17) is 0 Å². The Morgan fingerprint density at radius 1 is 1.24 bits per heavy atom. The average Bonchev–Trinajstić information content (AvgIpc) is 2.25. The van der Waals surface area contributed by atoms with Crippen LogP contribution in [0.25, 0.3) is 0 Å². The lowest BCUT2D eigenvalue weighted by molar-refractivity contribution is 0.370. The van der Waals surface area contributed by atoms with Gasteiger partial charge in [0.1, 0.15) is 0 Å². The third kappa shape index (κ3) is 7.01. The summed E-state index contributed by atoms with van der Waals surface area (Å²) >= 11 is 0. The lowest BCUT2D eigenvalue weighted by atomic mass is 9.94. The summed E-state index contributed by atoms with van der Waals surface area (Å²) in [6.45, 7) is 8.82. The van der Waals surface area contributed by atoms with Gasteiger partial charge in [-0.25, -0.2) is 13.1 Å². The number of hydrogen-bond donors (Lipinski definition) is 2. The van der Waals surface area contributed by atoms with Crippen LogP contribution in [0.5, 0.6) is 0 Å². The first kappa shape index (κ1) is 14.9. The minimum absolute atomic E-state index is 0.0729. The molecule has 0 atom stereocenters. The monoisotopic (exact) mass is 262 g/mol. The summed E-state index contributed by atoms with van der Waals surface area (Å²) in [6.07, 6.45) is 2.85. The Hall–Kier alpha value is -0.130. The quantitative estimate of drug-likeness (QED) is 0.786. The van der Waals surface area contributed by atoms with Crippen molar-refractivity contribution in [3.8, 4) is 0 Å². The molecule has 0 aromatic heterocycles. The van der Waals surface area contributed by atoms with E-state index >= 15 is 0 Å². The lowest BCUT2D eigenvalue weighted by Gasteiger charge is -2.23. The predicted molar refractivity (Wildman–Crippen MR) is 71.5 cm³/mol. The highest BCUT2D eigenvalue weighted by molar-refractivity contribution is 7.89. The molecule has 1 aliphatic heterocycles. The fraction of sp³-hybridized carbons (Fsp3) is 1.00. The van der Waals surface area contributed by atoms with Crippen LogP contribution < -0.4 is 10.0 Å². The summed E-state index contributed by atoms with van der Waals surface area (Å²) in [4.78, 5) is 0. The number of hydrogen-bond acceptors (Lipinski definition) is 3. The molecule has 0 aromatic carbocycles. The maximum absolute atomic E-state index is 11.8. The van der Waals surface area contributed by atoms with Gasteiger partial charge in [-0.15, -0.1) is 0 Å². The zero-order valence-electron chi connectivity index (χ0n) is 11.3. The van der Waals surface area contributed by atoms with Crippen molar-refractivity contribution in [1.29, 1.82) is 0 Å². The van der Waals surface area contributed by atoms with E-state index in [0.717, 1.165) is 25.9 Å². The Bertz CT molecular complexity index is 314. The molecule has 0 aliphatic carbocycles. The van der Waals surface area contributed by atoms with Crippen LogP contribution in [0.2, 0.25) is 0 Å². The zero-order chi connectivity index (χ0) is 12.9. The van der Waals surface area contributed by atoms with Crippen LogP contribution in [0, 0.1) is 11.3 Å². The molecule has 17 heavy (non-hydrogen) atoms. The van der Waals surface area contributed by atoms with Crippen molar-refractivity contribution in [2.45, 2.75) is 40.0 Å². The van der Waals surface area contributed by atoms with Crippen LogP contribution in [-0.4, -0.2) is 33.8 Å². The second kappa shape index (κ2) is 6.16. The molecular formula is C12H26N2O2S. The summed E-state index contributed by atoms with van der Waals surface area (Å²) in [7, 11) is -3.08. The maximum Gasteiger partial charge on any atom is 0.211 e. The summed E-state index contributed by atoms with van der Waals surface area (Å²) in [5.74, 6) is 0.738. The van der Waals surface area contributed by atoms with Gasteiger partial charge in [-0.3, -0.25) is 0 Å². The van der Waals surface area contributed by atoms with Crippen molar-refractivity contribution in [2.24, 2.45) is 11.3 Å². The summed E-state index contributed by atoms with van der Waals surface area (Å²) in [6, 6.07) is 0. The molecule has 5 heteroatoms. The lowest BCUT2D eigenvalue weighted by Crippen LogP contribution is -2.37. The van der Waals surface area contributed by atoms with Crippen molar-refractivity contribution in [3.05, 3.63) is 0 Å². The van der Waals surface area contributed by atoms with E-state index in [2.05, 4.69) is 30.8 Å². The van der Waals surface area contributed by atoms with E-state index in [1.54, 1.807) is 0 Å². The van der Waals surface area contributed by atoms with E-state index in [0.29, 0.717) is 18.9 Å². The van der Waals surface area contributed by atoms with E-state index in [1.165, 1.54) is 0 Å². The van der Waals surface area contributed by atoms with Gasteiger partial charge < -0.3 is 5.32 Å². The summed E-state index contributed by atoms with van der Waals surface area (Å²) < 4.78 is 26.3. The molecule has 4 nitrogen and oxygen atoms in total. The second-order valence-electron chi connectivity index (χ2n) is 6.17. The van der Waals surface area contributed by atoms with Gasteiger partial charge in [0.15, 0.2) is 0 Å². The molecule has 2 N–H and O–H groups in total. The predicted octanol–water partition coefficient (Wildman–Crippen LogP) is 1.34. The molecule has 1 aliphatic rings. The zero-order valence-corrected chi connectivity index (χ0v) is 12.1. The molecule has 1 fully saturated rings. The van der Waals surface area contributed by atoms with Gasteiger partial charge in [0.05, 0.1) is 5.75 Å². The number of rotatable bonds is 5.